The van der Waals surface area contributed by atoms with Crippen molar-refractivity contribution in [1.29, 1.82) is 5.41 Å². The van der Waals surface area contributed by atoms with Crippen molar-refractivity contribution in [1.82, 2.24) is 15.3 Å². The van der Waals surface area contributed by atoms with E-state index in [2.05, 4.69) is 20.6 Å². The first kappa shape index (κ1) is 27.6. The second kappa shape index (κ2) is 12.8. The Morgan fingerprint density at radius 2 is 1.78 bits per heavy atom. The largest absolute Gasteiger partial charge is 0.464 e. The highest BCUT2D eigenvalue weighted by atomic mass is 35.5. The average molecular weight is 523 g/mol. The molecule has 0 aliphatic carbocycles. The molecule has 0 radical (unpaired) electrons. The Morgan fingerprint density at radius 3 is 2.38 bits per heavy atom. The molecular weight excluding hydrogens is 492 g/mol. The molecule has 0 aliphatic heterocycles. The smallest absolute Gasteiger partial charge is 0.318 e. The number of carbonyl (C=O) groups is 2. The first-order valence-corrected chi connectivity index (χ1v) is 12.3. The molecule has 37 heavy (non-hydrogen) atoms. The molecule has 9 nitrogen and oxygen atoms in total. The molecule has 1 heterocycles. The van der Waals surface area contributed by atoms with E-state index in [4.69, 9.17) is 27.5 Å². The van der Waals surface area contributed by atoms with Crippen molar-refractivity contribution in [2.45, 2.75) is 32.7 Å². The summed E-state index contributed by atoms with van der Waals surface area (Å²) >= 11 is 6.04. The Bertz CT molecular complexity index is 1230. The fourth-order valence-electron chi connectivity index (χ4n) is 3.75. The van der Waals surface area contributed by atoms with E-state index in [-0.39, 0.29) is 35.8 Å². The molecule has 3 rings (SSSR count). The van der Waals surface area contributed by atoms with Crippen molar-refractivity contribution in [2.75, 3.05) is 18.5 Å². The lowest BCUT2D eigenvalue weighted by Crippen LogP contribution is -2.47. The van der Waals surface area contributed by atoms with Crippen molar-refractivity contribution in [3.63, 3.8) is 0 Å². The number of rotatable bonds is 12. The number of ether oxygens (including phenoxy) is 1. The van der Waals surface area contributed by atoms with Crippen LogP contribution < -0.4 is 21.1 Å². The maximum absolute atomic E-state index is 13.1. The highest BCUT2D eigenvalue weighted by Gasteiger charge is 2.26. The van der Waals surface area contributed by atoms with Gasteiger partial charge >= 0.3 is 6.01 Å². The Morgan fingerprint density at radius 1 is 1.11 bits per heavy atom. The van der Waals surface area contributed by atoms with Crippen molar-refractivity contribution in [3.05, 3.63) is 82.5 Å². The van der Waals surface area contributed by atoms with E-state index >= 15 is 0 Å². The third kappa shape index (κ3) is 7.27. The molecule has 2 atom stereocenters. The summed E-state index contributed by atoms with van der Waals surface area (Å²) in [6.45, 7) is 5.97. The molecule has 1 aromatic heterocycles. The Labute approximate surface area is 221 Å². The molecule has 10 heteroatoms. The first-order valence-electron chi connectivity index (χ1n) is 11.9. The molecule has 3 aromatic rings. The molecule has 2 amide bonds. The number of aromatic nitrogens is 2. The summed E-state index contributed by atoms with van der Waals surface area (Å²) in [4.78, 5) is 33.5. The van der Waals surface area contributed by atoms with Crippen LogP contribution in [0.4, 0.5) is 5.82 Å². The summed E-state index contributed by atoms with van der Waals surface area (Å²) in [5.41, 5.74) is 7.60. The van der Waals surface area contributed by atoms with Gasteiger partial charge in [0.15, 0.2) is 0 Å². The van der Waals surface area contributed by atoms with E-state index in [1.54, 1.807) is 45.0 Å². The number of anilines is 1. The second-order valence-corrected chi connectivity index (χ2v) is 9.15. The SMILES string of the molecule is CCOc1ncc(C(=O)NC(C(N)=O)C(C)C)c(NCC(C(=N)c2ccc(Cl)cc2)c2ccccc2)n1. The molecule has 2 unspecified atom stereocenters. The highest BCUT2D eigenvalue weighted by Crippen LogP contribution is 2.24. The Balaban J connectivity index is 1.93. The number of primary amides is 1. The minimum atomic E-state index is -0.859. The maximum atomic E-state index is 13.1. The van der Waals surface area contributed by atoms with Crippen LogP contribution in [0.3, 0.4) is 0 Å². The fourth-order valence-corrected chi connectivity index (χ4v) is 3.88. The van der Waals surface area contributed by atoms with Crippen LogP contribution in [0.2, 0.25) is 5.02 Å². The van der Waals surface area contributed by atoms with Gasteiger partial charge in [-0.25, -0.2) is 4.98 Å². The zero-order chi connectivity index (χ0) is 26.9. The van der Waals surface area contributed by atoms with Gasteiger partial charge in [-0.15, -0.1) is 0 Å². The lowest BCUT2D eigenvalue weighted by Gasteiger charge is -2.22. The normalized spacial score (nSPS) is 12.5. The quantitative estimate of drug-likeness (QED) is 0.264. The van der Waals surface area contributed by atoms with Gasteiger partial charge in [-0.1, -0.05) is 67.9 Å². The number of benzene rings is 2. The van der Waals surface area contributed by atoms with E-state index in [0.29, 0.717) is 17.3 Å². The summed E-state index contributed by atoms with van der Waals surface area (Å²) in [5, 5.41) is 15.4. The number of amides is 2. The van der Waals surface area contributed by atoms with Crippen LogP contribution in [0.15, 0.2) is 60.8 Å². The van der Waals surface area contributed by atoms with Gasteiger partial charge in [0.05, 0.1) is 6.61 Å². The Hall–Kier alpha value is -3.98. The molecule has 0 aliphatic rings. The van der Waals surface area contributed by atoms with Crippen molar-refractivity contribution < 1.29 is 14.3 Å². The minimum absolute atomic E-state index is 0.0981. The van der Waals surface area contributed by atoms with Crippen LogP contribution in [0.25, 0.3) is 0 Å². The predicted molar refractivity (Wildman–Crippen MR) is 144 cm³/mol. The minimum Gasteiger partial charge on any atom is -0.464 e. The monoisotopic (exact) mass is 522 g/mol. The van der Waals surface area contributed by atoms with Crippen molar-refractivity contribution in [3.8, 4) is 6.01 Å². The molecule has 0 spiro atoms. The first-order chi connectivity index (χ1) is 17.7. The summed E-state index contributed by atoms with van der Waals surface area (Å²) in [5.74, 6) is -1.55. The van der Waals surface area contributed by atoms with Gasteiger partial charge in [0.1, 0.15) is 17.4 Å². The van der Waals surface area contributed by atoms with E-state index in [1.165, 1.54) is 6.20 Å². The number of halogens is 1. The van der Waals surface area contributed by atoms with E-state index in [9.17, 15) is 9.59 Å². The predicted octanol–water partition coefficient (Wildman–Crippen LogP) is 4.03. The number of nitrogens with two attached hydrogens (primary N) is 1. The number of nitrogens with one attached hydrogen (secondary N) is 3. The highest BCUT2D eigenvalue weighted by molar-refractivity contribution is 6.30. The van der Waals surface area contributed by atoms with Gasteiger partial charge in [-0.3, -0.25) is 9.59 Å². The number of carbonyl (C=O) groups excluding carboxylic acids is 2. The third-order valence-corrected chi connectivity index (χ3v) is 5.98. The summed E-state index contributed by atoms with van der Waals surface area (Å²) in [6, 6.07) is 15.9. The van der Waals surface area contributed by atoms with Crippen LogP contribution in [-0.2, 0) is 4.79 Å². The fraction of sp³-hybridized carbons (Fsp3) is 0.296. The van der Waals surface area contributed by atoms with Crippen molar-refractivity contribution >= 4 is 34.9 Å². The topological polar surface area (TPSA) is 143 Å². The molecule has 0 bridgehead atoms. The van der Waals surface area contributed by atoms with Crippen LogP contribution in [-0.4, -0.2) is 46.7 Å². The van der Waals surface area contributed by atoms with Crippen LogP contribution in [0, 0.1) is 11.3 Å². The van der Waals surface area contributed by atoms with Crippen LogP contribution in [0.1, 0.15) is 48.2 Å². The lowest BCUT2D eigenvalue weighted by molar-refractivity contribution is -0.120. The van der Waals surface area contributed by atoms with Gasteiger partial charge in [0.25, 0.3) is 5.91 Å². The molecule has 2 aromatic carbocycles. The molecule has 194 valence electrons. The van der Waals surface area contributed by atoms with Gasteiger partial charge in [-0.2, -0.15) is 4.98 Å². The second-order valence-electron chi connectivity index (χ2n) is 8.71. The zero-order valence-electron chi connectivity index (χ0n) is 21.0. The van der Waals surface area contributed by atoms with Crippen LogP contribution >= 0.6 is 11.6 Å². The van der Waals surface area contributed by atoms with Crippen LogP contribution in [0.5, 0.6) is 6.01 Å². The number of hydrogen-bond donors (Lipinski definition) is 4. The van der Waals surface area contributed by atoms with E-state index in [0.717, 1.165) is 11.1 Å². The lowest BCUT2D eigenvalue weighted by atomic mass is 9.90. The van der Waals surface area contributed by atoms with E-state index in [1.807, 2.05) is 30.3 Å². The summed E-state index contributed by atoms with van der Waals surface area (Å²) < 4.78 is 5.44. The molecular formula is C27H31ClN6O3. The van der Waals surface area contributed by atoms with E-state index < -0.39 is 17.9 Å². The molecule has 0 saturated carbocycles. The maximum Gasteiger partial charge on any atom is 0.318 e. The average Bonchev–Trinajstić information content (AvgIpc) is 2.88. The summed E-state index contributed by atoms with van der Waals surface area (Å²) in [7, 11) is 0. The zero-order valence-corrected chi connectivity index (χ0v) is 21.8. The van der Waals surface area contributed by atoms with Gasteiger partial charge in [0.2, 0.25) is 5.91 Å². The third-order valence-electron chi connectivity index (χ3n) is 5.72. The summed E-state index contributed by atoms with van der Waals surface area (Å²) in [6.07, 6.45) is 1.34. The number of nitrogens with zero attached hydrogens (tertiary/aromatic N) is 2. The standard InChI is InChI=1S/C27H31ClN6O3/c1-4-37-27-32-15-21(26(36)33-23(16(2)3)24(30)35)25(34-27)31-14-20(17-8-6-5-7-9-17)22(29)18-10-12-19(28)13-11-18/h5-13,15-16,20,23,29H,4,14H2,1-3H3,(H2,30,35)(H,33,36)(H,31,32,34). The molecule has 0 fully saturated rings. The van der Waals surface area contributed by atoms with Gasteiger partial charge in [-0.05, 0) is 36.1 Å². The van der Waals surface area contributed by atoms with Crippen molar-refractivity contribution in [2.24, 2.45) is 11.7 Å². The van der Waals surface area contributed by atoms with Gasteiger partial charge < -0.3 is 26.5 Å². The van der Waals surface area contributed by atoms with Gasteiger partial charge in [0, 0.05) is 29.4 Å². The Kier molecular flexibility index (Phi) is 9.57. The molecule has 0 saturated heterocycles. The molecule has 5 N–H and O–H groups in total. The number of hydrogen-bond acceptors (Lipinski definition) is 7.